The molecule has 0 unspecified atom stereocenters. The molecule has 0 aliphatic carbocycles. The maximum absolute atomic E-state index is 13.0. The molecule has 104 valence electrons. The lowest BCUT2D eigenvalue weighted by Crippen LogP contribution is -2.41. The van der Waals surface area contributed by atoms with Gasteiger partial charge >= 0.3 is 13.3 Å². The summed E-state index contributed by atoms with van der Waals surface area (Å²) in [5.74, 6) is 0. The van der Waals surface area contributed by atoms with Crippen molar-refractivity contribution in [1.82, 2.24) is 0 Å². The third-order valence-electron chi connectivity index (χ3n) is 3.77. The summed E-state index contributed by atoms with van der Waals surface area (Å²) in [4.78, 5) is 0. The number of halogens is 3. The third-order valence-corrected chi connectivity index (χ3v) is 3.77. The van der Waals surface area contributed by atoms with E-state index in [0.717, 1.165) is 6.07 Å². The summed E-state index contributed by atoms with van der Waals surface area (Å²) < 4.78 is 50.3. The molecule has 0 saturated carbocycles. The largest absolute Gasteiger partial charge is 0.495 e. The summed E-state index contributed by atoms with van der Waals surface area (Å²) in [6.07, 6.45) is -4.42. The number of hydrogen-bond acceptors (Lipinski definition) is 2. The second kappa shape index (κ2) is 4.25. The monoisotopic (exact) mass is 272 g/mol. The van der Waals surface area contributed by atoms with Crippen LogP contribution in [0.5, 0.6) is 0 Å². The van der Waals surface area contributed by atoms with E-state index < -0.39 is 30.1 Å². The van der Waals surface area contributed by atoms with Gasteiger partial charge in [-0.1, -0.05) is 24.3 Å². The molecule has 1 aromatic carbocycles. The predicted octanol–water partition coefficient (Wildman–Crippen LogP) is 3.00. The lowest BCUT2D eigenvalue weighted by molar-refractivity contribution is -0.136. The van der Waals surface area contributed by atoms with Gasteiger partial charge in [0.2, 0.25) is 0 Å². The first-order chi connectivity index (χ1) is 8.55. The van der Waals surface area contributed by atoms with Crippen LogP contribution in [0.4, 0.5) is 13.2 Å². The molecule has 0 N–H and O–H groups in total. The van der Waals surface area contributed by atoms with Crippen molar-refractivity contribution in [1.29, 1.82) is 0 Å². The predicted molar refractivity (Wildman–Crippen MR) is 67.2 cm³/mol. The minimum absolute atomic E-state index is 0.0219. The van der Waals surface area contributed by atoms with Gasteiger partial charge in [0.25, 0.3) is 0 Å². The Kier molecular flexibility index (Phi) is 3.22. The van der Waals surface area contributed by atoms with E-state index in [1.165, 1.54) is 12.1 Å². The van der Waals surface area contributed by atoms with Crippen LogP contribution in [0.25, 0.3) is 0 Å². The van der Waals surface area contributed by atoms with Gasteiger partial charge in [-0.15, -0.1) is 0 Å². The summed E-state index contributed by atoms with van der Waals surface area (Å²) in [6, 6.07) is 5.35. The Bertz CT molecular complexity index is 467. The fourth-order valence-corrected chi connectivity index (χ4v) is 1.93. The van der Waals surface area contributed by atoms with Crippen molar-refractivity contribution in [3.8, 4) is 0 Å². The highest BCUT2D eigenvalue weighted by Gasteiger charge is 2.53. The van der Waals surface area contributed by atoms with Gasteiger partial charge in [-0.2, -0.15) is 13.2 Å². The highest BCUT2D eigenvalue weighted by molar-refractivity contribution is 6.62. The molecule has 19 heavy (non-hydrogen) atoms. The van der Waals surface area contributed by atoms with Gasteiger partial charge in [-0.25, -0.2) is 0 Å². The van der Waals surface area contributed by atoms with E-state index in [4.69, 9.17) is 9.31 Å². The first kappa shape index (κ1) is 14.4. The summed E-state index contributed by atoms with van der Waals surface area (Å²) >= 11 is 0. The zero-order chi connectivity index (χ0) is 14.5. The highest BCUT2D eigenvalue weighted by atomic mass is 19.4. The third kappa shape index (κ3) is 2.51. The van der Waals surface area contributed by atoms with Gasteiger partial charge in [0.1, 0.15) is 0 Å². The summed E-state index contributed by atoms with van der Waals surface area (Å²) in [7, 11) is -0.997. The topological polar surface area (TPSA) is 18.5 Å². The van der Waals surface area contributed by atoms with E-state index >= 15 is 0 Å². The summed E-state index contributed by atoms with van der Waals surface area (Å²) in [6.45, 7) is 7.23. The highest BCUT2D eigenvalue weighted by Crippen LogP contribution is 2.38. The van der Waals surface area contributed by atoms with E-state index in [2.05, 4.69) is 0 Å². The van der Waals surface area contributed by atoms with E-state index in [-0.39, 0.29) is 5.46 Å². The molecule has 1 fully saturated rings. The first-order valence-corrected chi connectivity index (χ1v) is 6.06. The van der Waals surface area contributed by atoms with Crippen LogP contribution in [-0.4, -0.2) is 18.3 Å². The van der Waals surface area contributed by atoms with Crippen molar-refractivity contribution >= 4 is 12.6 Å². The van der Waals surface area contributed by atoms with Crippen LogP contribution in [0, 0.1) is 0 Å². The van der Waals surface area contributed by atoms with E-state index in [0.29, 0.717) is 0 Å². The van der Waals surface area contributed by atoms with Crippen molar-refractivity contribution < 1.29 is 22.5 Å². The van der Waals surface area contributed by atoms with Crippen LogP contribution in [0.1, 0.15) is 33.3 Å². The number of rotatable bonds is 1. The zero-order valence-electron chi connectivity index (χ0n) is 11.3. The van der Waals surface area contributed by atoms with Crippen molar-refractivity contribution in [2.24, 2.45) is 0 Å². The molecule has 1 aromatic rings. The lowest BCUT2D eigenvalue weighted by Gasteiger charge is -2.32. The summed E-state index contributed by atoms with van der Waals surface area (Å²) in [5.41, 5.74) is -2.01. The van der Waals surface area contributed by atoms with Crippen LogP contribution in [-0.2, 0) is 15.5 Å². The van der Waals surface area contributed by atoms with Gasteiger partial charge in [0, 0.05) is 0 Å². The Balaban J connectivity index is 2.41. The lowest BCUT2D eigenvalue weighted by atomic mass is 9.76. The van der Waals surface area contributed by atoms with Gasteiger partial charge in [-0.05, 0) is 33.2 Å². The molecule has 0 atom stereocenters. The van der Waals surface area contributed by atoms with Gasteiger partial charge in [0.15, 0.2) is 0 Å². The van der Waals surface area contributed by atoms with Crippen molar-refractivity contribution in [3.05, 3.63) is 29.8 Å². The molecule has 1 aliphatic rings. The average molecular weight is 272 g/mol. The molecule has 1 heterocycles. The maximum atomic E-state index is 13.0. The molecule has 2 rings (SSSR count). The first-order valence-electron chi connectivity index (χ1n) is 6.06. The molecule has 2 nitrogen and oxygen atoms in total. The molecule has 0 bridgehead atoms. The van der Waals surface area contributed by atoms with Crippen molar-refractivity contribution in [2.75, 3.05) is 0 Å². The molecule has 0 spiro atoms. The van der Waals surface area contributed by atoms with E-state index in [9.17, 15) is 13.2 Å². The SMILES string of the molecule is CC1(C)OB(c2ccccc2C(F)(F)F)OC1(C)C. The van der Waals surface area contributed by atoms with E-state index in [1.807, 2.05) is 27.7 Å². The molecule has 0 aromatic heterocycles. The molecule has 0 amide bonds. The second-order valence-corrected chi connectivity index (χ2v) is 5.67. The van der Waals surface area contributed by atoms with Crippen molar-refractivity contribution in [2.45, 2.75) is 45.1 Å². The Morgan fingerprint density at radius 1 is 0.947 bits per heavy atom. The van der Waals surface area contributed by atoms with Crippen molar-refractivity contribution in [3.63, 3.8) is 0 Å². The number of hydrogen-bond donors (Lipinski definition) is 0. The average Bonchev–Trinajstić information content (AvgIpc) is 2.47. The van der Waals surface area contributed by atoms with E-state index in [1.54, 1.807) is 6.07 Å². The Morgan fingerprint density at radius 2 is 1.42 bits per heavy atom. The minimum Gasteiger partial charge on any atom is -0.399 e. The Labute approximate surface area is 111 Å². The minimum atomic E-state index is -4.42. The zero-order valence-corrected chi connectivity index (χ0v) is 11.3. The Morgan fingerprint density at radius 3 is 1.89 bits per heavy atom. The normalized spacial score (nSPS) is 21.7. The number of benzene rings is 1. The molecule has 1 aliphatic heterocycles. The fourth-order valence-electron chi connectivity index (χ4n) is 1.93. The molecular weight excluding hydrogens is 256 g/mol. The quantitative estimate of drug-likeness (QED) is 0.732. The molecule has 1 saturated heterocycles. The second-order valence-electron chi connectivity index (χ2n) is 5.67. The van der Waals surface area contributed by atoms with Crippen LogP contribution in [0.15, 0.2) is 24.3 Å². The van der Waals surface area contributed by atoms with Crippen LogP contribution >= 0.6 is 0 Å². The molecule has 0 radical (unpaired) electrons. The van der Waals surface area contributed by atoms with Crippen LogP contribution in [0.3, 0.4) is 0 Å². The maximum Gasteiger partial charge on any atom is 0.495 e. The fraction of sp³-hybridized carbons (Fsp3) is 0.538. The summed E-state index contributed by atoms with van der Waals surface area (Å²) in [5, 5.41) is 0. The molecule has 6 heteroatoms. The smallest absolute Gasteiger partial charge is 0.399 e. The Hall–Kier alpha value is -1.01. The van der Waals surface area contributed by atoms with Crippen LogP contribution < -0.4 is 5.46 Å². The van der Waals surface area contributed by atoms with Gasteiger partial charge in [-0.3, -0.25) is 0 Å². The van der Waals surface area contributed by atoms with Crippen LogP contribution in [0.2, 0.25) is 0 Å². The standard InChI is InChI=1S/C13H16BF3O2/c1-11(2)12(3,4)19-14(18-11)10-8-6-5-7-9(10)13(15,16)17/h5-8H,1-4H3. The van der Waals surface area contributed by atoms with Gasteiger partial charge in [0.05, 0.1) is 16.8 Å². The molecular formula is C13H16BF3O2. The number of alkyl halides is 3. The van der Waals surface area contributed by atoms with Gasteiger partial charge < -0.3 is 9.31 Å².